The molecular formula is C16H11ClINO. The highest BCUT2D eigenvalue weighted by molar-refractivity contribution is 14.1. The van der Waals surface area contributed by atoms with Gasteiger partial charge in [-0.15, -0.1) is 0 Å². The zero-order valence-corrected chi connectivity index (χ0v) is 13.6. The summed E-state index contributed by atoms with van der Waals surface area (Å²) in [5.74, 6) is 0.0200. The smallest absolute Gasteiger partial charge is 0.196 e. The normalized spacial score (nSPS) is 10.9. The van der Waals surface area contributed by atoms with E-state index in [0.29, 0.717) is 10.6 Å². The third-order valence-electron chi connectivity index (χ3n) is 3.35. The number of benzene rings is 2. The van der Waals surface area contributed by atoms with Crippen molar-refractivity contribution in [3.63, 3.8) is 0 Å². The average Bonchev–Trinajstić information content (AvgIpc) is 2.86. The molecule has 0 fully saturated rings. The monoisotopic (exact) mass is 395 g/mol. The summed E-state index contributed by atoms with van der Waals surface area (Å²) in [5, 5.41) is 1.49. The van der Waals surface area contributed by atoms with Crippen molar-refractivity contribution in [3.05, 3.63) is 67.9 Å². The number of fused-ring (bicyclic) bond motifs is 1. The second-order valence-corrected chi connectivity index (χ2v) is 6.12. The lowest BCUT2D eigenvalue weighted by atomic mass is 10.0. The number of aromatic nitrogens is 1. The van der Waals surface area contributed by atoms with Crippen LogP contribution in [0.1, 0.15) is 21.5 Å². The van der Waals surface area contributed by atoms with E-state index in [0.717, 1.165) is 25.6 Å². The van der Waals surface area contributed by atoms with Gasteiger partial charge in [0.15, 0.2) is 5.78 Å². The Hall–Kier alpha value is -1.33. The van der Waals surface area contributed by atoms with E-state index in [4.69, 9.17) is 11.6 Å². The van der Waals surface area contributed by atoms with Crippen molar-refractivity contribution in [3.8, 4) is 0 Å². The number of aromatic amines is 1. The van der Waals surface area contributed by atoms with Crippen LogP contribution >= 0.6 is 34.2 Å². The molecule has 4 heteroatoms. The van der Waals surface area contributed by atoms with Crippen LogP contribution in [-0.2, 0) is 0 Å². The Kier molecular flexibility index (Phi) is 3.56. The Morgan fingerprint density at radius 3 is 2.70 bits per heavy atom. The fraction of sp³-hybridized carbons (Fsp3) is 0.0625. The number of ketones is 1. The first kappa shape index (κ1) is 13.6. The van der Waals surface area contributed by atoms with Crippen LogP contribution in [0, 0.1) is 10.5 Å². The summed E-state index contributed by atoms with van der Waals surface area (Å²) in [6.07, 6.45) is 1.73. The number of carbonyl (C=O) groups excluding carboxylic acids is 1. The number of hydrogen-bond acceptors (Lipinski definition) is 1. The van der Waals surface area contributed by atoms with Crippen molar-refractivity contribution in [2.45, 2.75) is 6.92 Å². The largest absolute Gasteiger partial charge is 0.359 e. The lowest BCUT2D eigenvalue weighted by Gasteiger charge is -2.05. The summed E-state index contributed by atoms with van der Waals surface area (Å²) in [4.78, 5) is 15.8. The van der Waals surface area contributed by atoms with Gasteiger partial charge in [-0.2, -0.15) is 0 Å². The number of rotatable bonds is 2. The molecule has 2 nitrogen and oxygen atoms in total. The summed E-state index contributed by atoms with van der Waals surface area (Å²) in [6.45, 7) is 2.00. The molecule has 0 spiro atoms. The van der Waals surface area contributed by atoms with Crippen LogP contribution in [0.15, 0.2) is 42.6 Å². The van der Waals surface area contributed by atoms with Crippen LogP contribution in [0.2, 0.25) is 5.02 Å². The zero-order valence-electron chi connectivity index (χ0n) is 10.7. The van der Waals surface area contributed by atoms with E-state index in [-0.39, 0.29) is 5.78 Å². The maximum Gasteiger partial charge on any atom is 0.196 e. The number of aryl methyl sites for hydroxylation is 1. The van der Waals surface area contributed by atoms with E-state index >= 15 is 0 Å². The summed E-state index contributed by atoms with van der Waals surface area (Å²) in [7, 11) is 0. The molecule has 1 N–H and O–H groups in total. The SMILES string of the molecule is Cc1cccc(C(=O)c2c[nH]c3c(Cl)cccc23)c1I. The van der Waals surface area contributed by atoms with Gasteiger partial charge in [-0.05, 0) is 47.2 Å². The second kappa shape index (κ2) is 5.22. The minimum atomic E-state index is 0.0200. The molecule has 100 valence electrons. The van der Waals surface area contributed by atoms with E-state index in [1.165, 1.54) is 0 Å². The van der Waals surface area contributed by atoms with Crippen molar-refractivity contribution < 1.29 is 4.79 Å². The molecule has 20 heavy (non-hydrogen) atoms. The van der Waals surface area contributed by atoms with Gasteiger partial charge in [0.05, 0.1) is 10.5 Å². The van der Waals surface area contributed by atoms with Gasteiger partial charge < -0.3 is 4.98 Å². The third kappa shape index (κ3) is 2.15. The summed E-state index contributed by atoms with van der Waals surface area (Å²) < 4.78 is 0.992. The van der Waals surface area contributed by atoms with E-state index in [2.05, 4.69) is 27.6 Å². The molecule has 0 atom stereocenters. The summed E-state index contributed by atoms with van der Waals surface area (Å²) >= 11 is 8.35. The minimum Gasteiger partial charge on any atom is -0.359 e. The molecule has 0 aliphatic heterocycles. The molecule has 0 bridgehead atoms. The first-order chi connectivity index (χ1) is 9.59. The molecular weight excluding hydrogens is 385 g/mol. The molecule has 0 unspecified atom stereocenters. The van der Waals surface area contributed by atoms with Gasteiger partial charge in [0.25, 0.3) is 0 Å². The number of nitrogens with one attached hydrogen (secondary N) is 1. The van der Waals surface area contributed by atoms with Gasteiger partial charge in [-0.25, -0.2) is 0 Å². The van der Waals surface area contributed by atoms with Crippen LogP contribution < -0.4 is 0 Å². The Labute approximate surface area is 135 Å². The molecule has 0 saturated heterocycles. The molecule has 2 aromatic carbocycles. The predicted molar refractivity (Wildman–Crippen MR) is 90.6 cm³/mol. The van der Waals surface area contributed by atoms with Crippen molar-refractivity contribution in [2.24, 2.45) is 0 Å². The van der Waals surface area contributed by atoms with Gasteiger partial charge >= 0.3 is 0 Å². The first-order valence-electron chi connectivity index (χ1n) is 6.15. The molecule has 0 aliphatic rings. The highest BCUT2D eigenvalue weighted by atomic mass is 127. The first-order valence-corrected chi connectivity index (χ1v) is 7.60. The highest BCUT2D eigenvalue weighted by Gasteiger charge is 2.17. The van der Waals surface area contributed by atoms with Crippen LogP contribution in [0.3, 0.4) is 0 Å². The predicted octanol–water partition coefficient (Wildman–Crippen LogP) is 4.97. The number of halogens is 2. The molecule has 3 rings (SSSR count). The fourth-order valence-electron chi connectivity index (χ4n) is 2.27. The molecule has 0 aliphatic carbocycles. The lowest BCUT2D eigenvalue weighted by Crippen LogP contribution is -2.04. The molecule has 0 amide bonds. The minimum absolute atomic E-state index is 0.0200. The van der Waals surface area contributed by atoms with Gasteiger partial charge in [-0.3, -0.25) is 4.79 Å². The summed E-state index contributed by atoms with van der Waals surface area (Å²) in [5.41, 5.74) is 3.30. The van der Waals surface area contributed by atoms with Gasteiger partial charge in [0.2, 0.25) is 0 Å². The molecule has 1 aromatic heterocycles. The van der Waals surface area contributed by atoms with Crippen molar-refractivity contribution >= 4 is 50.9 Å². The van der Waals surface area contributed by atoms with Gasteiger partial charge in [0, 0.05) is 26.3 Å². The fourth-order valence-corrected chi connectivity index (χ4v) is 3.11. The Bertz CT molecular complexity index is 822. The summed E-state index contributed by atoms with van der Waals surface area (Å²) in [6, 6.07) is 11.4. The van der Waals surface area contributed by atoms with Gasteiger partial charge in [-0.1, -0.05) is 35.9 Å². The standard InChI is InChI=1S/C16H11ClINO/c1-9-4-2-6-11(14(9)18)16(20)12-8-19-15-10(12)5-3-7-13(15)17/h2-8,19H,1H3. The molecule has 1 heterocycles. The zero-order chi connectivity index (χ0) is 14.3. The Morgan fingerprint density at radius 2 is 1.90 bits per heavy atom. The number of hydrogen-bond donors (Lipinski definition) is 1. The topological polar surface area (TPSA) is 32.9 Å². The quantitative estimate of drug-likeness (QED) is 0.482. The van der Waals surface area contributed by atoms with Crippen LogP contribution in [0.5, 0.6) is 0 Å². The van der Waals surface area contributed by atoms with Crippen LogP contribution in [0.4, 0.5) is 0 Å². The van der Waals surface area contributed by atoms with E-state index in [1.54, 1.807) is 6.20 Å². The third-order valence-corrected chi connectivity index (χ3v) is 5.09. The maximum atomic E-state index is 12.7. The van der Waals surface area contributed by atoms with Crippen LogP contribution in [-0.4, -0.2) is 10.8 Å². The number of H-pyrrole nitrogens is 1. The van der Waals surface area contributed by atoms with E-state index in [1.807, 2.05) is 43.3 Å². The Morgan fingerprint density at radius 1 is 1.15 bits per heavy atom. The second-order valence-electron chi connectivity index (χ2n) is 4.63. The molecule has 0 radical (unpaired) electrons. The average molecular weight is 396 g/mol. The van der Waals surface area contributed by atoms with Crippen molar-refractivity contribution in [1.82, 2.24) is 4.98 Å². The van der Waals surface area contributed by atoms with Crippen molar-refractivity contribution in [1.29, 1.82) is 0 Å². The van der Waals surface area contributed by atoms with Gasteiger partial charge in [0.1, 0.15) is 0 Å². The van der Waals surface area contributed by atoms with E-state index in [9.17, 15) is 4.79 Å². The van der Waals surface area contributed by atoms with E-state index < -0.39 is 0 Å². The molecule has 0 saturated carbocycles. The number of para-hydroxylation sites is 1. The van der Waals surface area contributed by atoms with Crippen LogP contribution in [0.25, 0.3) is 10.9 Å². The molecule has 3 aromatic rings. The van der Waals surface area contributed by atoms with Crippen molar-refractivity contribution in [2.75, 3.05) is 0 Å². The Balaban J connectivity index is 2.18. The maximum absolute atomic E-state index is 12.7. The lowest BCUT2D eigenvalue weighted by molar-refractivity contribution is 0.103. The number of carbonyl (C=O) groups is 1. The highest BCUT2D eigenvalue weighted by Crippen LogP contribution is 2.28.